The maximum absolute atomic E-state index is 11.7. The van der Waals surface area contributed by atoms with Gasteiger partial charge < -0.3 is 10.1 Å². The predicted molar refractivity (Wildman–Crippen MR) is 60.9 cm³/mol. The largest absolute Gasteiger partial charge is 0.381 e. The first kappa shape index (κ1) is 12.7. The summed E-state index contributed by atoms with van der Waals surface area (Å²) in [6.45, 7) is 6.75. The SMILES string of the molecule is CCNC(C)CC(=O)CC1CCOCC1. The molecule has 0 aromatic rings. The van der Waals surface area contributed by atoms with E-state index in [4.69, 9.17) is 4.74 Å². The van der Waals surface area contributed by atoms with Crippen LogP contribution >= 0.6 is 0 Å². The summed E-state index contributed by atoms with van der Waals surface area (Å²) < 4.78 is 5.28. The number of nitrogens with one attached hydrogen (secondary N) is 1. The summed E-state index contributed by atoms with van der Waals surface area (Å²) in [5.41, 5.74) is 0. The van der Waals surface area contributed by atoms with Crippen LogP contribution in [-0.4, -0.2) is 31.6 Å². The summed E-state index contributed by atoms with van der Waals surface area (Å²) in [6.07, 6.45) is 3.53. The van der Waals surface area contributed by atoms with E-state index >= 15 is 0 Å². The van der Waals surface area contributed by atoms with Crippen molar-refractivity contribution in [3.63, 3.8) is 0 Å². The van der Waals surface area contributed by atoms with Crippen molar-refractivity contribution in [1.82, 2.24) is 5.32 Å². The highest BCUT2D eigenvalue weighted by Crippen LogP contribution is 2.19. The van der Waals surface area contributed by atoms with Crippen LogP contribution in [0, 0.1) is 5.92 Å². The molecule has 1 unspecified atom stereocenters. The van der Waals surface area contributed by atoms with E-state index in [9.17, 15) is 4.79 Å². The summed E-state index contributed by atoms with van der Waals surface area (Å²) in [4.78, 5) is 11.7. The number of carbonyl (C=O) groups excluding carboxylic acids is 1. The van der Waals surface area contributed by atoms with Crippen molar-refractivity contribution in [3.8, 4) is 0 Å². The minimum absolute atomic E-state index is 0.322. The molecule has 1 aliphatic rings. The first-order valence-corrected chi connectivity index (χ1v) is 6.05. The molecule has 0 aromatic heterocycles. The van der Waals surface area contributed by atoms with Crippen molar-refractivity contribution in [2.75, 3.05) is 19.8 Å². The molecule has 1 N–H and O–H groups in total. The Morgan fingerprint density at radius 3 is 2.73 bits per heavy atom. The molecule has 88 valence electrons. The minimum Gasteiger partial charge on any atom is -0.381 e. The quantitative estimate of drug-likeness (QED) is 0.730. The monoisotopic (exact) mass is 213 g/mol. The lowest BCUT2D eigenvalue weighted by atomic mass is 9.92. The Labute approximate surface area is 92.6 Å². The lowest BCUT2D eigenvalue weighted by Gasteiger charge is -2.21. The molecular formula is C12H23NO2. The zero-order valence-corrected chi connectivity index (χ0v) is 9.92. The Hall–Kier alpha value is -0.410. The van der Waals surface area contributed by atoms with Gasteiger partial charge in [-0.05, 0) is 32.2 Å². The van der Waals surface area contributed by atoms with Crippen molar-refractivity contribution in [1.29, 1.82) is 0 Å². The summed E-state index contributed by atoms with van der Waals surface area (Å²) in [5, 5.41) is 3.27. The van der Waals surface area contributed by atoms with Crippen LogP contribution in [0.1, 0.15) is 39.5 Å². The highest BCUT2D eigenvalue weighted by atomic mass is 16.5. The van der Waals surface area contributed by atoms with Crippen molar-refractivity contribution in [2.45, 2.75) is 45.6 Å². The van der Waals surface area contributed by atoms with Gasteiger partial charge in [0, 0.05) is 32.1 Å². The third-order valence-electron chi connectivity index (χ3n) is 2.94. The van der Waals surface area contributed by atoms with Crippen molar-refractivity contribution >= 4 is 5.78 Å². The summed E-state index contributed by atoms with van der Waals surface area (Å²) in [6, 6.07) is 0.322. The predicted octanol–water partition coefficient (Wildman–Crippen LogP) is 1.76. The highest BCUT2D eigenvalue weighted by molar-refractivity contribution is 5.79. The Morgan fingerprint density at radius 2 is 2.13 bits per heavy atom. The maximum atomic E-state index is 11.7. The first-order chi connectivity index (χ1) is 7.22. The van der Waals surface area contributed by atoms with Gasteiger partial charge in [0.1, 0.15) is 5.78 Å². The van der Waals surface area contributed by atoms with Crippen LogP contribution in [0.25, 0.3) is 0 Å². The van der Waals surface area contributed by atoms with Gasteiger partial charge >= 0.3 is 0 Å². The number of rotatable bonds is 6. The topological polar surface area (TPSA) is 38.3 Å². The van der Waals surface area contributed by atoms with Gasteiger partial charge in [0.15, 0.2) is 0 Å². The molecule has 0 aromatic carbocycles. The molecule has 3 heteroatoms. The van der Waals surface area contributed by atoms with E-state index in [2.05, 4.69) is 19.2 Å². The van der Waals surface area contributed by atoms with E-state index in [1.807, 2.05) is 0 Å². The van der Waals surface area contributed by atoms with Gasteiger partial charge in [-0.25, -0.2) is 0 Å². The van der Waals surface area contributed by atoms with E-state index in [-0.39, 0.29) is 0 Å². The Balaban J connectivity index is 2.16. The third kappa shape index (κ3) is 5.28. The summed E-state index contributed by atoms with van der Waals surface area (Å²) >= 11 is 0. The second kappa shape index (κ2) is 6.96. The van der Waals surface area contributed by atoms with E-state index in [0.717, 1.165) is 39.0 Å². The molecule has 0 saturated carbocycles. The number of ketones is 1. The second-order valence-corrected chi connectivity index (χ2v) is 4.46. The Bertz CT molecular complexity index is 188. The van der Waals surface area contributed by atoms with Gasteiger partial charge in [-0.1, -0.05) is 6.92 Å². The fourth-order valence-corrected chi connectivity index (χ4v) is 2.12. The fourth-order valence-electron chi connectivity index (χ4n) is 2.12. The zero-order valence-electron chi connectivity index (χ0n) is 9.92. The lowest BCUT2D eigenvalue weighted by molar-refractivity contribution is -0.121. The smallest absolute Gasteiger partial charge is 0.134 e. The minimum atomic E-state index is 0.322. The molecule has 15 heavy (non-hydrogen) atoms. The van der Waals surface area contributed by atoms with Gasteiger partial charge in [-0.2, -0.15) is 0 Å². The number of hydrogen-bond donors (Lipinski definition) is 1. The molecule has 1 fully saturated rings. The number of carbonyl (C=O) groups is 1. The van der Waals surface area contributed by atoms with E-state index in [1.165, 1.54) is 0 Å². The number of ether oxygens (including phenoxy) is 1. The molecule has 0 radical (unpaired) electrons. The Morgan fingerprint density at radius 1 is 1.47 bits per heavy atom. The van der Waals surface area contributed by atoms with Gasteiger partial charge in [-0.15, -0.1) is 0 Å². The normalized spacial score (nSPS) is 20.1. The van der Waals surface area contributed by atoms with Crippen molar-refractivity contribution in [3.05, 3.63) is 0 Å². The number of Topliss-reactive ketones (excluding diaryl/α,β-unsaturated/α-hetero) is 1. The van der Waals surface area contributed by atoms with Crippen LogP contribution in [0.4, 0.5) is 0 Å². The number of hydrogen-bond acceptors (Lipinski definition) is 3. The second-order valence-electron chi connectivity index (χ2n) is 4.46. The Kier molecular flexibility index (Phi) is 5.88. The highest BCUT2D eigenvalue weighted by Gasteiger charge is 2.18. The molecule has 1 heterocycles. The van der Waals surface area contributed by atoms with E-state index in [0.29, 0.717) is 24.2 Å². The summed E-state index contributed by atoms with van der Waals surface area (Å²) in [5.74, 6) is 0.968. The lowest BCUT2D eigenvalue weighted by Crippen LogP contribution is -2.29. The van der Waals surface area contributed by atoms with Crippen LogP contribution in [0.15, 0.2) is 0 Å². The third-order valence-corrected chi connectivity index (χ3v) is 2.94. The van der Waals surface area contributed by atoms with Crippen LogP contribution in [0.5, 0.6) is 0 Å². The molecule has 3 nitrogen and oxygen atoms in total. The van der Waals surface area contributed by atoms with Gasteiger partial charge in [0.25, 0.3) is 0 Å². The molecule has 1 aliphatic heterocycles. The molecule has 0 aliphatic carbocycles. The van der Waals surface area contributed by atoms with Crippen LogP contribution in [0.2, 0.25) is 0 Å². The van der Waals surface area contributed by atoms with Gasteiger partial charge in [-0.3, -0.25) is 4.79 Å². The maximum Gasteiger partial charge on any atom is 0.134 e. The van der Waals surface area contributed by atoms with Gasteiger partial charge in [0.05, 0.1) is 0 Å². The zero-order chi connectivity index (χ0) is 11.1. The molecule has 0 bridgehead atoms. The molecule has 1 atom stereocenters. The van der Waals surface area contributed by atoms with Crippen LogP contribution in [-0.2, 0) is 9.53 Å². The molecule has 0 spiro atoms. The summed E-state index contributed by atoms with van der Waals surface area (Å²) in [7, 11) is 0. The van der Waals surface area contributed by atoms with Gasteiger partial charge in [0.2, 0.25) is 0 Å². The average Bonchev–Trinajstić information content (AvgIpc) is 2.19. The first-order valence-electron chi connectivity index (χ1n) is 6.05. The molecular weight excluding hydrogens is 190 g/mol. The van der Waals surface area contributed by atoms with E-state index < -0.39 is 0 Å². The molecule has 0 amide bonds. The standard InChI is InChI=1S/C12H23NO2/c1-3-13-10(2)8-12(14)9-11-4-6-15-7-5-11/h10-11,13H,3-9H2,1-2H3. The molecule has 1 rings (SSSR count). The van der Waals surface area contributed by atoms with Crippen molar-refractivity contribution < 1.29 is 9.53 Å². The van der Waals surface area contributed by atoms with Crippen LogP contribution in [0.3, 0.4) is 0 Å². The molecule has 1 saturated heterocycles. The fraction of sp³-hybridized carbons (Fsp3) is 0.917. The van der Waals surface area contributed by atoms with Crippen molar-refractivity contribution in [2.24, 2.45) is 5.92 Å². The van der Waals surface area contributed by atoms with Crippen LogP contribution < -0.4 is 5.32 Å². The van der Waals surface area contributed by atoms with E-state index in [1.54, 1.807) is 0 Å². The average molecular weight is 213 g/mol.